The van der Waals surface area contributed by atoms with Crippen molar-refractivity contribution in [2.75, 3.05) is 12.5 Å². The molecule has 150 valence electrons. The number of carbonyl (C=O) groups excluding carboxylic acids is 1. The molecule has 1 aromatic heterocycles. The van der Waals surface area contributed by atoms with Crippen LogP contribution in [0.25, 0.3) is 0 Å². The Morgan fingerprint density at radius 3 is 2.75 bits per heavy atom. The van der Waals surface area contributed by atoms with Gasteiger partial charge in [0.1, 0.15) is 5.76 Å². The summed E-state index contributed by atoms with van der Waals surface area (Å²) >= 11 is 1.63. The third-order valence-electron chi connectivity index (χ3n) is 5.53. The van der Waals surface area contributed by atoms with Gasteiger partial charge in [0.15, 0.2) is 11.5 Å². The number of benzene rings is 1. The van der Waals surface area contributed by atoms with Gasteiger partial charge in [-0.2, -0.15) is 0 Å². The lowest BCUT2D eigenvalue weighted by Crippen LogP contribution is -2.39. The van der Waals surface area contributed by atoms with Gasteiger partial charge >= 0.3 is 0 Å². The number of nitrogens with zero attached hydrogens (tertiary/aromatic N) is 2. The summed E-state index contributed by atoms with van der Waals surface area (Å²) in [6.07, 6.45) is 4.57. The lowest BCUT2D eigenvalue weighted by Gasteiger charge is -2.29. The molecule has 1 aromatic carbocycles. The largest absolute Gasteiger partial charge is 0.454 e. The Morgan fingerprint density at radius 1 is 1.21 bits per heavy atom. The van der Waals surface area contributed by atoms with Crippen LogP contribution < -0.4 is 9.47 Å². The molecule has 2 aromatic rings. The lowest BCUT2D eigenvalue weighted by molar-refractivity contribution is -0.131. The van der Waals surface area contributed by atoms with Crippen LogP contribution in [0.15, 0.2) is 22.7 Å². The standard InChI is InChI=1S/C21H26N2O4S/c1-14-18(15(2)27-22-14)11-28-12-21(24)23(17-5-3-4-6-17)10-16-7-8-19-20(9-16)26-13-25-19/h7-9,17H,3-6,10-13H2,1-2H3. The minimum absolute atomic E-state index is 0.196. The van der Waals surface area contributed by atoms with E-state index in [1.807, 2.05) is 32.0 Å². The van der Waals surface area contributed by atoms with Gasteiger partial charge in [-0.05, 0) is 44.4 Å². The number of aromatic nitrogens is 1. The predicted octanol–water partition coefficient (Wildman–Crippen LogP) is 4.22. The number of thioether (sulfide) groups is 1. The van der Waals surface area contributed by atoms with Crippen LogP contribution in [0.1, 0.15) is 48.3 Å². The molecular weight excluding hydrogens is 376 g/mol. The van der Waals surface area contributed by atoms with Crippen LogP contribution in [-0.4, -0.2) is 34.6 Å². The van der Waals surface area contributed by atoms with E-state index in [-0.39, 0.29) is 12.7 Å². The molecule has 28 heavy (non-hydrogen) atoms. The highest BCUT2D eigenvalue weighted by Gasteiger charge is 2.27. The summed E-state index contributed by atoms with van der Waals surface area (Å²) in [5.41, 5.74) is 3.09. The van der Waals surface area contributed by atoms with E-state index >= 15 is 0 Å². The van der Waals surface area contributed by atoms with Crippen LogP contribution in [0.3, 0.4) is 0 Å². The summed E-state index contributed by atoms with van der Waals surface area (Å²) in [4.78, 5) is 15.1. The minimum Gasteiger partial charge on any atom is -0.454 e. The predicted molar refractivity (Wildman–Crippen MR) is 108 cm³/mol. The number of hydrogen-bond acceptors (Lipinski definition) is 6. The van der Waals surface area contributed by atoms with Gasteiger partial charge in [-0.15, -0.1) is 11.8 Å². The van der Waals surface area contributed by atoms with Crippen molar-refractivity contribution in [3.05, 3.63) is 40.8 Å². The van der Waals surface area contributed by atoms with Crippen molar-refractivity contribution in [3.63, 3.8) is 0 Å². The molecule has 0 radical (unpaired) electrons. The third-order valence-corrected chi connectivity index (χ3v) is 6.47. The van der Waals surface area contributed by atoms with E-state index in [1.54, 1.807) is 11.8 Å². The highest BCUT2D eigenvalue weighted by molar-refractivity contribution is 7.99. The van der Waals surface area contributed by atoms with E-state index in [4.69, 9.17) is 14.0 Å². The van der Waals surface area contributed by atoms with E-state index in [1.165, 1.54) is 12.8 Å². The zero-order chi connectivity index (χ0) is 19.5. The Labute approximate surface area is 169 Å². The summed E-state index contributed by atoms with van der Waals surface area (Å²) in [5.74, 6) is 3.79. The smallest absolute Gasteiger partial charge is 0.233 e. The average Bonchev–Trinajstić information content (AvgIpc) is 3.43. The van der Waals surface area contributed by atoms with Gasteiger partial charge in [0.05, 0.1) is 11.4 Å². The Balaban J connectivity index is 1.41. The number of fused-ring (bicyclic) bond motifs is 1. The monoisotopic (exact) mass is 402 g/mol. The molecule has 0 atom stereocenters. The van der Waals surface area contributed by atoms with E-state index in [9.17, 15) is 4.79 Å². The number of carbonyl (C=O) groups is 1. The molecule has 0 saturated heterocycles. The molecule has 4 rings (SSSR count). The summed E-state index contributed by atoms with van der Waals surface area (Å²) in [5, 5.41) is 3.99. The SMILES string of the molecule is Cc1noc(C)c1CSCC(=O)N(Cc1ccc2c(c1)OCO2)C1CCCC1. The fourth-order valence-corrected chi connectivity index (χ4v) is 4.96. The highest BCUT2D eigenvalue weighted by atomic mass is 32.2. The second-order valence-electron chi connectivity index (χ2n) is 7.44. The topological polar surface area (TPSA) is 64.8 Å². The average molecular weight is 403 g/mol. The molecule has 0 spiro atoms. The van der Waals surface area contributed by atoms with Crippen molar-refractivity contribution in [3.8, 4) is 11.5 Å². The Morgan fingerprint density at radius 2 is 2.00 bits per heavy atom. The highest BCUT2D eigenvalue weighted by Crippen LogP contribution is 2.34. The van der Waals surface area contributed by atoms with Crippen molar-refractivity contribution in [1.29, 1.82) is 0 Å². The van der Waals surface area contributed by atoms with Crippen molar-refractivity contribution >= 4 is 17.7 Å². The van der Waals surface area contributed by atoms with Crippen molar-refractivity contribution in [1.82, 2.24) is 10.1 Å². The molecule has 1 saturated carbocycles. The number of amides is 1. The molecule has 0 bridgehead atoms. The maximum absolute atomic E-state index is 13.1. The van der Waals surface area contributed by atoms with Gasteiger partial charge in [-0.1, -0.05) is 24.1 Å². The zero-order valence-electron chi connectivity index (χ0n) is 16.4. The van der Waals surface area contributed by atoms with Gasteiger partial charge in [0.2, 0.25) is 12.7 Å². The summed E-state index contributed by atoms with van der Waals surface area (Å²) in [6.45, 7) is 4.75. The van der Waals surface area contributed by atoms with Crippen LogP contribution in [0.5, 0.6) is 11.5 Å². The first-order valence-corrected chi connectivity index (χ1v) is 10.9. The summed E-state index contributed by atoms with van der Waals surface area (Å²) in [7, 11) is 0. The first-order chi connectivity index (χ1) is 13.6. The van der Waals surface area contributed by atoms with E-state index in [0.29, 0.717) is 18.3 Å². The molecule has 7 heteroatoms. The fourth-order valence-electron chi connectivity index (χ4n) is 3.90. The quantitative estimate of drug-likeness (QED) is 0.691. The first-order valence-electron chi connectivity index (χ1n) is 9.79. The van der Waals surface area contributed by atoms with E-state index in [0.717, 1.165) is 52.7 Å². The molecule has 6 nitrogen and oxygen atoms in total. The Bertz CT molecular complexity index is 825. The zero-order valence-corrected chi connectivity index (χ0v) is 17.2. The lowest BCUT2D eigenvalue weighted by atomic mass is 10.1. The molecule has 1 aliphatic heterocycles. The molecular formula is C21H26N2O4S. The van der Waals surface area contributed by atoms with Gasteiger partial charge in [0, 0.05) is 23.9 Å². The number of rotatable bonds is 7. The van der Waals surface area contributed by atoms with Crippen LogP contribution in [0.2, 0.25) is 0 Å². The molecule has 2 aliphatic rings. The first kappa shape index (κ1) is 19.2. The van der Waals surface area contributed by atoms with E-state index < -0.39 is 0 Å². The molecule has 2 heterocycles. The normalized spacial score (nSPS) is 15.9. The van der Waals surface area contributed by atoms with E-state index in [2.05, 4.69) is 10.1 Å². The third kappa shape index (κ3) is 4.14. The van der Waals surface area contributed by atoms with Crippen LogP contribution in [-0.2, 0) is 17.1 Å². The van der Waals surface area contributed by atoms with Crippen LogP contribution in [0, 0.1) is 13.8 Å². The number of aryl methyl sites for hydroxylation is 2. The fraction of sp³-hybridized carbons (Fsp3) is 0.524. The van der Waals surface area contributed by atoms with Crippen molar-refractivity contribution < 1.29 is 18.8 Å². The van der Waals surface area contributed by atoms with Gasteiger partial charge in [0.25, 0.3) is 0 Å². The maximum atomic E-state index is 13.1. The maximum Gasteiger partial charge on any atom is 0.233 e. The van der Waals surface area contributed by atoms with Crippen LogP contribution in [0.4, 0.5) is 0 Å². The van der Waals surface area contributed by atoms with Crippen molar-refractivity contribution in [2.45, 2.75) is 57.9 Å². The molecule has 1 amide bonds. The van der Waals surface area contributed by atoms with Crippen LogP contribution >= 0.6 is 11.8 Å². The number of hydrogen-bond donors (Lipinski definition) is 0. The van der Waals surface area contributed by atoms with Gasteiger partial charge in [-0.25, -0.2) is 0 Å². The molecule has 0 N–H and O–H groups in total. The second kappa shape index (κ2) is 8.47. The Hall–Kier alpha value is -2.15. The molecule has 1 fully saturated rings. The molecule has 1 aliphatic carbocycles. The van der Waals surface area contributed by atoms with Gasteiger partial charge in [-0.3, -0.25) is 4.79 Å². The second-order valence-corrected chi connectivity index (χ2v) is 8.43. The Kier molecular flexibility index (Phi) is 5.80. The molecule has 0 unspecified atom stereocenters. The summed E-state index contributed by atoms with van der Waals surface area (Å²) in [6, 6.07) is 6.28. The summed E-state index contributed by atoms with van der Waals surface area (Å²) < 4.78 is 16.1. The minimum atomic E-state index is 0.196. The van der Waals surface area contributed by atoms with Crippen molar-refractivity contribution in [2.24, 2.45) is 0 Å². The number of ether oxygens (including phenoxy) is 2. The van der Waals surface area contributed by atoms with Gasteiger partial charge < -0.3 is 18.9 Å².